The smallest absolute Gasteiger partial charge is 0.364 e. The fraction of sp³-hybridized carbons (Fsp3) is 0.0714. The molecule has 0 saturated heterocycles. The average molecular weight is 300 g/mol. The topological polar surface area (TPSA) is 98.6 Å². The van der Waals surface area contributed by atoms with E-state index >= 15 is 0 Å². The van der Waals surface area contributed by atoms with Crippen LogP contribution in [-0.2, 0) is 0 Å². The molecule has 22 heavy (non-hydrogen) atoms. The molecule has 3 rings (SSSR count). The maximum absolute atomic E-state index is 12.4. The summed E-state index contributed by atoms with van der Waals surface area (Å²) in [5.41, 5.74) is 1.41. The fourth-order valence-corrected chi connectivity index (χ4v) is 1.96. The van der Waals surface area contributed by atoms with Gasteiger partial charge in [0.25, 0.3) is 0 Å². The van der Waals surface area contributed by atoms with Gasteiger partial charge in [-0.3, -0.25) is 9.48 Å². The molecule has 0 bridgehead atoms. The van der Waals surface area contributed by atoms with Crippen molar-refractivity contribution in [2.24, 2.45) is 0 Å². The second kappa shape index (κ2) is 6.66. The van der Waals surface area contributed by atoms with Gasteiger partial charge in [-0.2, -0.15) is 5.26 Å². The van der Waals surface area contributed by atoms with Crippen molar-refractivity contribution in [1.29, 1.82) is 5.26 Å². The Bertz CT molecular complexity index is 846. The quantitative estimate of drug-likeness (QED) is 0.411. The number of rotatable bonds is 3. The standard InChI is InChI=1S/C14H9N6O.Na/c1-9-12(13(21)10-5-3-2-4-6-10)18-19-20(9)14-11(7-15)16-8-17-14;/h2-6,8H,1H3;/q-1;+1. The summed E-state index contributed by atoms with van der Waals surface area (Å²) in [6.07, 6.45) is 1.27. The van der Waals surface area contributed by atoms with Gasteiger partial charge in [-0.25, -0.2) is 0 Å². The van der Waals surface area contributed by atoms with Crippen molar-refractivity contribution in [2.75, 3.05) is 0 Å². The molecule has 0 spiro atoms. The van der Waals surface area contributed by atoms with Crippen LogP contribution in [0.2, 0.25) is 0 Å². The van der Waals surface area contributed by atoms with Crippen molar-refractivity contribution >= 4 is 5.78 Å². The van der Waals surface area contributed by atoms with Crippen LogP contribution in [0.25, 0.3) is 5.82 Å². The molecule has 2 aromatic heterocycles. The molecule has 102 valence electrons. The third-order valence-electron chi connectivity index (χ3n) is 3.03. The zero-order valence-electron chi connectivity index (χ0n) is 12.1. The first-order valence-corrected chi connectivity index (χ1v) is 6.12. The molecule has 0 aliphatic carbocycles. The van der Waals surface area contributed by atoms with Crippen molar-refractivity contribution < 1.29 is 34.4 Å². The first kappa shape index (κ1) is 16.1. The van der Waals surface area contributed by atoms with Crippen LogP contribution in [-0.4, -0.2) is 25.8 Å². The maximum Gasteiger partial charge on any atom is 1.00 e. The summed E-state index contributed by atoms with van der Waals surface area (Å²) in [4.78, 5) is 20.2. The number of hydrogen-bond acceptors (Lipinski definition) is 5. The molecule has 2 heterocycles. The molecule has 0 atom stereocenters. The molecule has 0 aliphatic rings. The Kier molecular flexibility index (Phi) is 4.88. The fourth-order valence-electron chi connectivity index (χ4n) is 1.96. The Labute approximate surface area is 148 Å². The minimum atomic E-state index is -0.225. The number of nitriles is 1. The Hall–Kier alpha value is -2.27. The minimum absolute atomic E-state index is 0. The zero-order valence-corrected chi connectivity index (χ0v) is 14.1. The van der Waals surface area contributed by atoms with E-state index in [1.165, 1.54) is 11.0 Å². The number of carbonyl (C=O) groups excluding carboxylic acids is 1. The molecule has 7 nitrogen and oxygen atoms in total. The van der Waals surface area contributed by atoms with Gasteiger partial charge in [0, 0.05) is 17.1 Å². The molecular weight excluding hydrogens is 291 g/mol. The number of ketones is 1. The molecule has 8 heteroatoms. The molecule has 0 saturated carbocycles. The first-order chi connectivity index (χ1) is 10.2. The van der Waals surface area contributed by atoms with Gasteiger partial charge in [0.05, 0.1) is 5.69 Å². The number of carbonyl (C=O) groups is 1. The number of imidazole rings is 1. The van der Waals surface area contributed by atoms with Crippen molar-refractivity contribution in [3.8, 4) is 11.9 Å². The molecular formula is C14H9N6NaO. The monoisotopic (exact) mass is 300 g/mol. The van der Waals surface area contributed by atoms with Gasteiger partial charge in [-0.15, -0.1) is 10.3 Å². The van der Waals surface area contributed by atoms with Crippen LogP contribution in [0, 0.1) is 18.3 Å². The molecule has 0 radical (unpaired) electrons. The van der Waals surface area contributed by atoms with Crippen LogP contribution in [0.5, 0.6) is 0 Å². The summed E-state index contributed by atoms with van der Waals surface area (Å²) in [6, 6.07) is 10.7. The van der Waals surface area contributed by atoms with Crippen LogP contribution in [0.3, 0.4) is 0 Å². The summed E-state index contributed by atoms with van der Waals surface area (Å²) >= 11 is 0. The zero-order chi connectivity index (χ0) is 14.8. The van der Waals surface area contributed by atoms with Gasteiger partial charge < -0.3 is 9.97 Å². The van der Waals surface area contributed by atoms with Gasteiger partial charge in [0.15, 0.2) is 0 Å². The molecule has 0 fully saturated rings. The first-order valence-electron chi connectivity index (χ1n) is 6.12. The third kappa shape index (κ3) is 2.72. The number of aromatic nitrogens is 5. The van der Waals surface area contributed by atoms with Crippen LogP contribution >= 0.6 is 0 Å². The van der Waals surface area contributed by atoms with Crippen LogP contribution < -0.4 is 34.5 Å². The van der Waals surface area contributed by atoms with E-state index in [1.54, 1.807) is 31.2 Å². The number of nitrogens with zero attached hydrogens (tertiary/aromatic N) is 6. The van der Waals surface area contributed by atoms with E-state index < -0.39 is 0 Å². The van der Waals surface area contributed by atoms with E-state index in [0.717, 1.165) is 0 Å². The Morgan fingerprint density at radius 2 is 2.05 bits per heavy atom. The van der Waals surface area contributed by atoms with Gasteiger partial charge in [0.1, 0.15) is 11.8 Å². The molecule has 0 N–H and O–H groups in total. The van der Waals surface area contributed by atoms with Gasteiger partial charge in [0.2, 0.25) is 5.78 Å². The molecule has 0 amide bonds. The van der Waals surface area contributed by atoms with E-state index in [9.17, 15) is 4.79 Å². The maximum atomic E-state index is 12.4. The normalized spacial score (nSPS) is 9.82. The number of benzene rings is 1. The van der Waals surface area contributed by atoms with Crippen LogP contribution in [0.1, 0.15) is 27.4 Å². The van der Waals surface area contributed by atoms with Crippen LogP contribution in [0.4, 0.5) is 0 Å². The van der Waals surface area contributed by atoms with Crippen molar-refractivity contribution in [1.82, 2.24) is 25.0 Å². The van der Waals surface area contributed by atoms with Gasteiger partial charge >= 0.3 is 29.6 Å². The largest absolute Gasteiger partial charge is 1.00 e. The van der Waals surface area contributed by atoms with E-state index in [-0.39, 0.29) is 52.5 Å². The molecule has 3 aromatic rings. The summed E-state index contributed by atoms with van der Waals surface area (Å²) in [6.45, 7) is 1.70. The molecule has 0 unspecified atom stereocenters. The SMILES string of the molecule is Cc1c(C(=O)c2ccccc2)nnn1-c1[n-]cnc1C#N.[Na+]. The van der Waals surface area contributed by atoms with Crippen molar-refractivity contribution in [2.45, 2.75) is 6.92 Å². The van der Waals surface area contributed by atoms with Crippen LogP contribution in [0.15, 0.2) is 36.7 Å². The van der Waals surface area contributed by atoms with E-state index in [2.05, 4.69) is 20.3 Å². The Morgan fingerprint density at radius 3 is 2.73 bits per heavy atom. The van der Waals surface area contributed by atoms with Gasteiger partial charge in [-0.1, -0.05) is 30.3 Å². The summed E-state index contributed by atoms with van der Waals surface area (Å²) in [7, 11) is 0. The predicted molar refractivity (Wildman–Crippen MR) is 71.8 cm³/mol. The van der Waals surface area contributed by atoms with Gasteiger partial charge in [-0.05, 0) is 13.3 Å². The number of hydrogen-bond donors (Lipinski definition) is 0. The summed E-state index contributed by atoms with van der Waals surface area (Å²) in [5, 5.41) is 16.8. The minimum Gasteiger partial charge on any atom is -0.364 e. The van der Waals surface area contributed by atoms with Crippen molar-refractivity contribution in [3.05, 3.63) is 59.3 Å². The summed E-state index contributed by atoms with van der Waals surface area (Å²) in [5.74, 6) is 0.0481. The van der Waals surface area contributed by atoms with E-state index in [4.69, 9.17) is 5.26 Å². The summed E-state index contributed by atoms with van der Waals surface area (Å²) < 4.78 is 1.35. The van der Waals surface area contributed by atoms with E-state index in [0.29, 0.717) is 11.3 Å². The van der Waals surface area contributed by atoms with Crippen molar-refractivity contribution in [3.63, 3.8) is 0 Å². The molecule has 1 aromatic carbocycles. The van der Waals surface area contributed by atoms with E-state index in [1.807, 2.05) is 12.1 Å². The second-order valence-corrected chi connectivity index (χ2v) is 4.29. The Morgan fingerprint density at radius 1 is 1.32 bits per heavy atom. The predicted octanol–water partition coefficient (Wildman–Crippen LogP) is -1.97. The average Bonchev–Trinajstić information content (AvgIpc) is 3.13. The third-order valence-corrected chi connectivity index (χ3v) is 3.03. The molecule has 0 aliphatic heterocycles. The Balaban J connectivity index is 0.00000176. The second-order valence-electron chi connectivity index (χ2n) is 4.29.